The first-order chi connectivity index (χ1) is 11.1. The molecule has 3 rings (SSSR count). The van der Waals surface area contributed by atoms with Crippen molar-refractivity contribution in [3.8, 4) is 5.69 Å². The Balaban J connectivity index is 1.83. The summed E-state index contributed by atoms with van der Waals surface area (Å²) in [4.78, 5) is 13.3. The molecule has 0 bridgehead atoms. The number of aromatic nitrogens is 2. The maximum Gasteiger partial charge on any atom is 0.292 e. The van der Waals surface area contributed by atoms with E-state index in [1.165, 1.54) is 10.9 Å². The van der Waals surface area contributed by atoms with Gasteiger partial charge in [-0.3, -0.25) is 10.2 Å². The van der Waals surface area contributed by atoms with Gasteiger partial charge in [-0.25, -0.2) is 0 Å². The lowest BCUT2D eigenvalue weighted by atomic mass is 10.3. The van der Waals surface area contributed by atoms with Crippen LogP contribution in [-0.4, -0.2) is 16.0 Å². The predicted octanol–water partition coefficient (Wildman–Crippen LogP) is 4.16. The fourth-order valence-electron chi connectivity index (χ4n) is 1.83. The molecule has 1 N–H and O–H groups in total. The van der Waals surface area contributed by atoms with Gasteiger partial charge in [-0.15, -0.1) is 11.3 Å². The van der Waals surface area contributed by atoms with Gasteiger partial charge in [0.2, 0.25) is 0 Å². The molecule has 5 nitrogen and oxygen atoms in total. The third kappa shape index (κ3) is 3.69. The Morgan fingerprint density at radius 1 is 1.26 bits per heavy atom. The molecule has 23 heavy (non-hydrogen) atoms. The van der Waals surface area contributed by atoms with Crippen LogP contribution in [0.4, 0.5) is 5.69 Å². The highest BCUT2D eigenvalue weighted by atomic mass is 79.9. The Morgan fingerprint density at radius 2 is 2.04 bits per heavy atom. The fourth-order valence-corrected chi connectivity index (χ4v) is 3.29. The molecule has 0 saturated heterocycles. The van der Waals surface area contributed by atoms with Gasteiger partial charge in [-0.05, 0) is 40.2 Å². The number of thiophene rings is 1. The van der Waals surface area contributed by atoms with Crippen molar-refractivity contribution < 1.29 is 0 Å². The van der Waals surface area contributed by atoms with E-state index >= 15 is 0 Å². The number of nitrogens with zero attached hydrogens (tertiary/aromatic N) is 3. The summed E-state index contributed by atoms with van der Waals surface area (Å²) in [5.41, 5.74) is 3.35. The van der Waals surface area contributed by atoms with Gasteiger partial charge < -0.3 is 0 Å². The molecule has 0 spiro atoms. The lowest BCUT2D eigenvalue weighted by Gasteiger charge is -2.07. The van der Waals surface area contributed by atoms with Crippen molar-refractivity contribution in [2.75, 3.05) is 5.43 Å². The topological polar surface area (TPSA) is 59.3 Å². The van der Waals surface area contributed by atoms with Gasteiger partial charge in [0.25, 0.3) is 5.56 Å². The van der Waals surface area contributed by atoms with Gasteiger partial charge in [-0.2, -0.15) is 14.9 Å². The fraction of sp³-hybridized carbons (Fsp3) is 0. The summed E-state index contributed by atoms with van der Waals surface area (Å²) in [6, 6.07) is 12.9. The van der Waals surface area contributed by atoms with Crippen molar-refractivity contribution in [3.05, 3.63) is 72.7 Å². The number of halogens is 2. The summed E-state index contributed by atoms with van der Waals surface area (Å²) in [6.07, 6.45) is 3.12. The van der Waals surface area contributed by atoms with E-state index < -0.39 is 5.56 Å². The van der Waals surface area contributed by atoms with E-state index in [9.17, 15) is 4.79 Å². The number of hydrogen-bond acceptors (Lipinski definition) is 5. The van der Waals surface area contributed by atoms with Crippen molar-refractivity contribution in [2.45, 2.75) is 0 Å². The molecule has 0 aliphatic rings. The molecule has 0 unspecified atom stereocenters. The van der Waals surface area contributed by atoms with Gasteiger partial charge in [0.05, 0.1) is 21.9 Å². The summed E-state index contributed by atoms with van der Waals surface area (Å²) < 4.78 is 2.26. The van der Waals surface area contributed by atoms with Crippen molar-refractivity contribution >= 4 is 50.8 Å². The minimum Gasteiger partial charge on any atom is -0.275 e. The highest BCUT2D eigenvalue weighted by Gasteiger charge is 2.09. The second kappa shape index (κ2) is 7.08. The quantitative estimate of drug-likeness (QED) is 0.520. The van der Waals surface area contributed by atoms with Crippen molar-refractivity contribution in [1.29, 1.82) is 0 Å². The summed E-state index contributed by atoms with van der Waals surface area (Å²) >= 11 is 11.0. The average Bonchev–Trinajstić information content (AvgIpc) is 2.98. The Kier molecular flexibility index (Phi) is 4.90. The van der Waals surface area contributed by atoms with Crippen LogP contribution in [0, 0.1) is 0 Å². The van der Waals surface area contributed by atoms with Crippen LogP contribution in [0.25, 0.3) is 5.69 Å². The molecule has 0 atom stereocenters. The summed E-state index contributed by atoms with van der Waals surface area (Å²) in [5, 5.41) is 8.22. The Hall–Kier alpha value is -1.96. The number of nitrogens with one attached hydrogen (secondary N) is 1. The maximum atomic E-state index is 12.3. The van der Waals surface area contributed by atoms with E-state index in [1.807, 2.05) is 30.3 Å². The van der Waals surface area contributed by atoms with Crippen LogP contribution in [0.2, 0.25) is 5.02 Å². The predicted molar refractivity (Wildman–Crippen MR) is 98.1 cm³/mol. The molecule has 3 aromatic rings. The van der Waals surface area contributed by atoms with Crippen LogP contribution in [0.5, 0.6) is 0 Å². The molecule has 0 fully saturated rings. The third-order valence-electron chi connectivity index (χ3n) is 2.89. The van der Waals surface area contributed by atoms with Crippen molar-refractivity contribution in [2.24, 2.45) is 5.10 Å². The van der Waals surface area contributed by atoms with E-state index in [2.05, 4.69) is 31.6 Å². The number of benzene rings is 1. The van der Waals surface area contributed by atoms with Gasteiger partial charge >= 0.3 is 0 Å². The van der Waals surface area contributed by atoms with Crippen LogP contribution in [-0.2, 0) is 0 Å². The molecular formula is C15H10BrClN4OS. The van der Waals surface area contributed by atoms with E-state index in [4.69, 9.17) is 11.6 Å². The number of hydrogen-bond donors (Lipinski definition) is 1. The second-order valence-electron chi connectivity index (χ2n) is 4.44. The molecule has 1 aromatic carbocycles. The number of para-hydroxylation sites is 1. The lowest BCUT2D eigenvalue weighted by molar-refractivity contribution is 0.808. The SMILES string of the molecule is O=c1c(Cl)c(N/N=C/c2ccc(Br)s2)cnn1-c1ccccc1. The number of hydrazone groups is 1. The molecule has 116 valence electrons. The molecule has 0 aliphatic heterocycles. The molecular weight excluding hydrogens is 400 g/mol. The lowest BCUT2D eigenvalue weighted by Crippen LogP contribution is -2.22. The Bertz CT molecular complexity index is 907. The van der Waals surface area contributed by atoms with Gasteiger partial charge in [0, 0.05) is 4.88 Å². The summed E-state index contributed by atoms with van der Waals surface area (Å²) in [7, 11) is 0. The zero-order chi connectivity index (χ0) is 16.2. The molecule has 0 radical (unpaired) electrons. The molecule has 0 aliphatic carbocycles. The zero-order valence-corrected chi connectivity index (χ0v) is 14.8. The summed E-state index contributed by atoms with van der Waals surface area (Å²) in [6.45, 7) is 0. The Morgan fingerprint density at radius 3 is 2.74 bits per heavy atom. The van der Waals surface area contributed by atoms with E-state index in [-0.39, 0.29) is 5.02 Å². The molecule has 0 saturated carbocycles. The smallest absolute Gasteiger partial charge is 0.275 e. The standard InChI is InChI=1S/C15H10BrClN4OS/c16-13-7-6-11(23-13)8-18-20-12-9-19-21(15(22)14(12)17)10-4-2-1-3-5-10/h1-9,20H/b18-8+. The first-order valence-corrected chi connectivity index (χ1v) is 8.51. The van der Waals surface area contributed by atoms with E-state index in [0.717, 1.165) is 8.66 Å². The second-order valence-corrected chi connectivity index (χ2v) is 7.31. The largest absolute Gasteiger partial charge is 0.292 e. The third-order valence-corrected chi connectivity index (χ3v) is 4.81. The van der Waals surface area contributed by atoms with Crippen LogP contribution in [0.1, 0.15) is 4.88 Å². The molecule has 2 aromatic heterocycles. The Labute approximate surface area is 149 Å². The molecule has 0 amide bonds. The minimum absolute atomic E-state index is 0.0355. The average molecular weight is 410 g/mol. The monoisotopic (exact) mass is 408 g/mol. The minimum atomic E-state index is -0.406. The number of anilines is 1. The van der Waals surface area contributed by atoms with Crippen LogP contribution in [0.3, 0.4) is 0 Å². The highest BCUT2D eigenvalue weighted by Crippen LogP contribution is 2.21. The van der Waals surface area contributed by atoms with Crippen molar-refractivity contribution in [1.82, 2.24) is 9.78 Å². The van der Waals surface area contributed by atoms with E-state index in [1.54, 1.807) is 29.7 Å². The van der Waals surface area contributed by atoms with Gasteiger partial charge in [0.1, 0.15) is 10.7 Å². The maximum absolute atomic E-state index is 12.3. The highest BCUT2D eigenvalue weighted by molar-refractivity contribution is 9.11. The van der Waals surface area contributed by atoms with Crippen molar-refractivity contribution in [3.63, 3.8) is 0 Å². The summed E-state index contributed by atoms with van der Waals surface area (Å²) in [5.74, 6) is 0. The first-order valence-electron chi connectivity index (χ1n) is 6.53. The van der Waals surface area contributed by atoms with Crippen LogP contribution < -0.4 is 11.0 Å². The molecule has 2 heterocycles. The molecule has 8 heteroatoms. The number of rotatable bonds is 4. The van der Waals surface area contributed by atoms with Gasteiger partial charge in [0.15, 0.2) is 0 Å². The zero-order valence-electron chi connectivity index (χ0n) is 11.6. The van der Waals surface area contributed by atoms with Crippen LogP contribution >= 0.6 is 38.9 Å². The normalized spacial score (nSPS) is 11.0. The van der Waals surface area contributed by atoms with Crippen LogP contribution in [0.15, 0.2) is 62.3 Å². The first kappa shape index (κ1) is 15.9. The van der Waals surface area contributed by atoms with E-state index in [0.29, 0.717) is 11.4 Å². The van der Waals surface area contributed by atoms with Gasteiger partial charge in [-0.1, -0.05) is 29.8 Å².